The quantitative estimate of drug-likeness (QED) is 0.681. The normalized spacial score (nSPS) is 21.9. The Morgan fingerprint density at radius 2 is 2.17 bits per heavy atom. The van der Waals surface area contributed by atoms with Gasteiger partial charge in [-0.15, -0.1) is 0 Å². The number of pyridine rings is 1. The molecule has 0 bridgehead atoms. The number of rotatable bonds is 7. The van der Waals surface area contributed by atoms with Gasteiger partial charge in [0.15, 0.2) is 0 Å². The zero-order chi connectivity index (χ0) is 20.8. The van der Waals surface area contributed by atoms with E-state index in [-0.39, 0.29) is 17.8 Å². The Labute approximate surface area is 183 Å². The van der Waals surface area contributed by atoms with Crippen molar-refractivity contribution in [2.24, 2.45) is 5.92 Å². The van der Waals surface area contributed by atoms with Crippen LogP contribution in [0.4, 0.5) is 5.69 Å². The number of nitrogens with zero attached hydrogens (tertiary/aromatic N) is 1. The summed E-state index contributed by atoms with van der Waals surface area (Å²) in [5.41, 5.74) is 3.75. The molecule has 160 valence electrons. The van der Waals surface area contributed by atoms with E-state index in [0.717, 1.165) is 74.4 Å². The van der Waals surface area contributed by atoms with E-state index in [9.17, 15) is 4.79 Å². The Morgan fingerprint density at radius 1 is 1.23 bits per heavy atom. The Morgan fingerprint density at radius 3 is 2.97 bits per heavy atom. The van der Waals surface area contributed by atoms with Crippen LogP contribution in [0, 0.1) is 5.92 Å². The first-order chi connectivity index (χ1) is 14.7. The molecule has 2 N–H and O–H groups in total. The molecular weight excluding hydrogens is 398 g/mol. The largest absolute Gasteiger partial charge is 0.382 e. The Balaban J connectivity index is 1.45. The van der Waals surface area contributed by atoms with Crippen LogP contribution in [0.15, 0.2) is 36.5 Å². The van der Waals surface area contributed by atoms with Gasteiger partial charge >= 0.3 is 0 Å². The molecule has 0 amide bonds. The molecule has 2 aliphatic rings. The zero-order valence-electron chi connectivity index (χ0n) is 17.3. The first-order valence-electron chi connectivity index (χ1n) is 11.0. The van der Waals surface area contributed by atoms with Gasteiger partial charge in [-0.3, -0.25) is 9.78 Å². The third-order valence-corrected chi connectivity index (χ3v) is 6.30. The van der Waals surface area contributed by atoms with Gasteiger partial charge in [0.05, 0.1) is 11.1 Å². The zero-order valence-corrected chi connectivity index (χ0v) is 18.1. The second-order valence-electron chi connectivity index (χ2n) is 8.29. The number of halogens is 1. The molecule has 2 saturated heterocycles. The van der Waals surface area contributed by atoms with Crippen molar-refractivity contribution < 1.29 is 9.53 Å². The van der Waals surface area contributed by atoms with E-state index in [0.29, 0.717) is 11.4 Å². The summed E-state index contributed by atoms with van der Waals surface area (Å²) in [7, 11) is 0. The minimum Gasteiger partial charge on any atom is -0.382 e. The van der Waals surface area contributed by atoms with Gasteiger partial charge in [0.1, 0.15) is 5.78 Å². The minimum absolute atomic E-state index is 0.0919. The molecule has 2 aliphatic heterocycles. The van der Waals surface area contributed by atoms with E-state index in [1.165, 1.54) is 6.42 Å². The molecule has 2 fully saturated rings. The highest BCUT2D eigenvalue weighted by atomic mass is 35.5. The van der Waals surface area contributed by atoms with Gasteiger partial charge < -0.3 is 15.4 Å². The van der Waals surface area contributed by atoms with Crippen molar-refractivity contribution in [1.29, 1.82) is 0 Å². The third-order valence-electron chi connectivity index (χ3n) is 6.00. The summed E-state index contributed by atoms with van der Waals surface area (Å²) < 4.78 is 5.81. The fraction of sp³-hybridized carbons (Fsp3) is 0.500. The predicted octanol–water partition coefficient (Wildman–Crippen LogP) is 4.49. The number of ketones is 1. The Kier molecular flexibility index (Phi) is 7.37. The molecule has 0 radical (unpaired) electrons. The Hall–Kier alpha value is -1.95. The highest BCUT2D eigenvalue weighted by molar-refractivity contribution is 6.33. The average molecular weight is 428 g/mol. The lowest BCUT2D eigenvalue weighted by atomic mass is 9.92. The van der Waals surface area contributed by atoms with E-state index >= 15 is 0 Å². The monoisotopic (exact) mass is 427 g/mol. The van der Waals surface area contributed by atoms with E-state index in [1.54, 1.807) is 6.20 Å². The van der Waals surface area contributed by atoms with Crippen LogP contribution in [0.1, 0.15) is 37.8 Å². The lowest BCUT2D eigenvalue weighted by Crippen LogP contribution is -2.35. The van der Waals surface area contributed by atoms with Gasteiger partial charge in [-0.2, -0.15) is 0 Å². The number of piperidine rings is 1. The minimum atomic E-state index is 0.0919. The maximum atomic E-state index is 12.7. The summed E-state index contributed by atoms with van der Waals surface area (Å²) in [6, 6.07) is 10.2. The molecule has 0 spiro atoms. The second kappa shape index (κ2) is 10.4. The summed E-state index contributed by atoms with van der Waals surface area (Å²) in [5.74, 6) is 0.347. The first kappa shape index (κ1) is 21.3. The molecule has 0 saturated carbocycles. The molecule has 30 heavy (non-hydrogen) atoms. The van der Waals surface area contributed by atoms with E-state index in [1.807, 2.05) is 18.2 Å². The molecule has 5 nitrogen and oxygen atoms in total. The molecular formula is C24H30ClN3O2. The van der Waals surface area contributed by atoms with Crippen molar-refractivity contribution in [2.45, 2.75) is 44.6 Å². The molecule has 6 heteroatoms. The van der Waals surface area contributed by atoms with Crippen molar-refractivity contribution in [1.82, 2.24) is 10.3 Å². The summed E-state index contributed by atoms with van der Waals surface area (Å²) in [6.07, 6.45) is 7.82. The number of ether oxygens (including phenoxy) is 1. The number of carbonyl (C=O) groups excluding carboxylic acids is 1. The van der Waals surface area contributed by atoms with Crippen LogP contribution in [0.25, 0.3) is 11.1 Å². The molecule has 1 unspecified atom stereocenters. The molecule has 1 aromatic heterocycles. The summed E-state index contributed by atoms with van der Waals surface area (Å²) in [4.78, 5) is 17.1. The number of Topliss-reactive ketones (excluding diaryl/α,β-unsaturated/α-hetero) is 1. The number of aromatic nitrogens is 1. The molecule has 3 heterocycles. The average Bonchev–Trinajstić information content (AvgIpc) is 2.80. The van der Waals surface area contributed by atoms with Crippen LogP contribution < -0.4 is 10.6 Å². The lowest BCUT2D eigenvalue weighted by Gasteiger charge is -2.23. The van der Waals surface area contributed by atoms with Crippen LogP contribution in [-0.2, 0) is 16.0 Å². The first-order valence-corrected chi connectivity index (χ1v) is 11.4. The standard InChI is InChI=1S/C24H30ClN3O2/c25-23-16-28-20(13-24(29)18-6-4-9-26-14-18)12-22(23)17-5-3-7-19(11-17)27-15-21-8-1-2-10-30-21/h3,5,7,11-12,16,18,21,26-27H,1-2,4,6,8-10,13-15H2/t18-,21?/m1/s1. The van der Waals surface area contributed by atoms with Crippen molar-refractivity contribution in [3.8, 4) is 11.1 Å². The molecule has 2 aromatic rings. The molecule has 4 rings (SSSR count). The molecule has 1 aromatic carbocycles. The number of carbonyl (C=O) groups is 1. The van der Waals surface area contributed by atoms with Crippen molar-refractivity contribution in [2.75, 3.05) is 31.6 Å². The summed E-state index contributed by atoms with van der Waals surface area (Å²) in [6.45, 7) is 3.45. The number of hydrogen-bond donors (Lipinski definition) is 2. The summed E-state index contributed by atoms with van der Waals surface area (Å²) in [5, 5.41) is 7.40. The smallest absolute Gasteiger partial charge is 0.143 e. The van der Waals surface area contributed by atoms with E-state index in [4.69, 9.17) is 16.3 Å². The van der Waals surface area contributed by atoms with Crippen LogP contribution >= 0.6 is 11.6 Å². The number of anilines is 1. The number of hydrogen-bond acceptors (Lipinski definition) is 5. The van der Waals surface area contributed by atoms with Gasteiger partial charge in [-0.25, -0.2) is 0 Å². The fourth-order valence-corrected chi connectivity index (χ4v) is 4.46. The van der Waals surface area contributed by atoms with Gasteiger partial charge in [0.2, 0.25) is 0 Å². The van der Waals surface area contributed by atoms with Gasteiger partial charge in [0, 0.05) is 55.2 Å². The topological polar surface area (TPSA) is 63.2 Å². The number of benzene rings is 1. The van der Waals surface area contributed by atoms with Crippen molar-refractivity contribution in [3.05, 3.63) is 47.2 Å². The van der Waals surface area contributed by atoms with Crippen LogP contribution in [-0.4, -0.2) is 43.1 Å². The highest BCUT2D eigenvalue weighted by Crippen LogP contribution is 2.30. The number of nitrogens with one attached hydrogen (secondary N) is 2. The highest BCUT2D eigenvalue weighted by Gasteiger charge is 2.21. The SMILES string of the molecule is O=C(Cc1cc(-c2cccc(NCC3CCCCO3)c2)c(Cl)cn1)[C@@H]1CCCNC1. The van der Waals surface area contributed by atoms with Gasteiger partial charge in [-0.05, 0) is 62.4 Å². The van der Waals surface area contributed by atoms with E-state index in [2.05, 4.69) is 27.8 Å². The molecule has 2 atom stereocenters. The van der Waals surface area contributed by atoms with Crippen LogP contribution in [0.2, 0.25) is 5.02 Å². The van der Waals surface area contributed by atoms with Crippen LogP contribution in [0.3, 0.4) is 0 Å². The van der Waals surface area contributed by atoms with Gasteiger partial charge in [-0.1, -0.05) is 23.7 Å². The van der Waals surface area contributed by atoms with Crippen molar-refractivity contribution >= 4 is 23.1 Å². The van der Waals surface area contributed by atoms with E-state index < -0.39 is 0 Å². The molecule has 0 aliphatic carbocycles. The maximum absolute atomic E-state index is 12.7. The van der Waals surface area contributed by atoms with Gasteiger partial charge in [0.25, 0.3) is 0 Å². The predicted molar refractivity (Wildman–Crippen MR) is 121 cm³/mol. The summed E-state index contributed by atoms with van der Waals surface area (Å²) >= 11 is 6.47. The second-order valence-corrected chi connectivity index (χ2v) is 8.70. The van der Waals surface area contributed by atoms with Crippen molar-refractivity contribution in [3.63, 3.8) is 0 Å². The lowest BCUT2D eigenvalue weighted by molar-refractivity contribution is -0.122. The third kappa shape index (κ3) is 5.60. The maximum Gasteiger partial charge on any atom is 0.143 e. The Bertz CT molecular complexity index is 861. The van der Waals surface area contributed by atoms with Crippen LogP contribution in [0.5, 0.6) is 0 Å². The fourth-order valence-electron chi connectivity index (χ4n) is 4.25.